The van der Waals surface area contributed by atoms with Gasteiger partial charge in [0.15, 0.2) is 12.3 Å². The first kappa shape index (κ1) is 14.1. The van der Waals surface area contributed by atoms with E-state index in [1.165, 1.54) is 0 Å². The molecule has 0 bridgehead atoms. The SMILES string of the molecule is CC(F)C(F)F.CC(F)C(F)F. The Bertz CT molecular complexity index is 66.0. The molecule has 0 saturated carbocycles. The van der Waals surface area contributed by atoms with Crippen molar-refractivity contribution in [1.82, 2.24) is 0 Å². The number of alkyl halides is 6. The molecule has 0 aliphatic rings. The Morgan fingerprint density at radius 2 is 0.667 bits per heavy atom. The molecule has 0 aromatic rings. The van der Waals surface area contributed by atoms with Gasteiger partial charge in [-0.25, -0.2) is 26.3 Å². The van der Waals surface area contributed by atoms with Crippen molar-refractivity contribution in [2.45, 2.75) is 39.0 Å². The van der Waals surface area contributed by atoms with E-state index in [0.717, 1.165) is 13.8 Å². The lowest BCUT2D eigenvalue weighted by Crippen LogP contribution is -2.04. The maximum atomic E-state index is 11.1. The minimum Gasteiger partial charge on any atom is -0.242 e. The van der Waals surface area contributed by atoms with Crippen molar-refractivity contribution < 1.29 is 26.3 Å². The fourth-order valence-electron chi connectivity index (χ4n) is 0. The lowest BCUT2D eigenvalue weighted by molar-refractivity contribution is 0.0602. The second-order valence-electron chi connectivity index (χ2n) is 2.02. The fraction of sp³-hybridized carbons (Fsp3) is 1.00. The Morgan fingerprint density at radius 1 is 0.583 bits per heavy atom. The van der Waals surface area contributed by atoms with Crippen molar-refractivity contribution in [3.05, 3.63) is 0 Å². The molecule has 0 aromatic heterocycles. The molecule has 6 heteroatoms. The largest absolute Gasteiger partial charge is 0.269 e. The van der Waals surface area contributed by atoms with E-state index in [1.807, 2.05) is 0 Å². The van der Waals surface area contributed by atoms with Crippen LogP contribution >= 0.6 is 0 Å². The molecule has 0 saturated heterocycles. The summed E-state index contributed by atoms with van der Waals surface area (Å²) in [4.78, 5) is 0. The van der Waals surface area contributed by atoms with Crippen molar-refractivity contribution in [2.24, 2.45) is 0 Å². The maximum Gasteiger partial charge on any atom is 0.269 e. The molecular formula is C6H10F6. The monoisotopic (exact) mass is 196 g/mol. The molecule has 0 aliphatic heterocycles. The first-order valence-corrected chi connectivity index (χ1v) is 3.13. The van der Waals surface area contributed by atoms with Crippen LogP contribution < -0.4 is 0 Å². The second kappa shape index (κ2) is 7.24. The summed E-state index contributed by atoms with van der Waals surface area (Å²) in [6.45, 7) is 1.65. The van der Waals surface area contributed by atoms with Crippen LogP contribution in [0.15, 0.2) is 0 Å². The molecule has 0 spiro atoms. The molecule has 0 amide bonds. The first-order chi connectivity index (χ1) is 5.29. The third-order valence-electron chi connectivity index (χ3n) is 0.694. The van der Waals surface area contributed by atoms with Gasteiger partial charge in [0.2, 0.25) is 0 Å². The fourth-order valence-corrected chi connectivity index (χ4v) is 0. The Balaban J connectivity index is 0. The third kappa shape index (κ3) is 12.3. The van der Waals surface area contributed by atoms with Crippen molar-refractivity contribution >= 4 is 0 Å². The van der Waals surface area contributed by atoms with Crippen molar-refractivity contribution in [1.29, 1.82) is 0 Å². The van der Waals surface area contributed by atoms with E-state index in [2.05, 4.69) is 0 Å². The molecule has 0 fully saturated rings. The van der Waals surface area contributed by atoms with Crippen molar-refractivity contribution in [3.63, 3.8) is 0 Å². The summed E-state index contributed by atoms with van der Waals surface area (Å²) in [5.74, 6) is 0. The topological polar surface area (TPSA) is 0 Å². The van der Waals surface area contributed by atoms with Crippen LogP contribution in [-0.2, 0) is 0 Å². The zero-order valence-electron chi connectivity index (χ0n) is 6.58. The summed E-state index contributed by atoms with van der Waals surface area (Å²) >= 11 is 0. The number of rotatable bonds is 2. The first-order valence-electron chi connectivity index (χ1n) is 3.13. The Hall–Kier alpha value is -0.420. The maximum absolute atomic E-state index is 11.1. The van der Waals surface area contributed by atoms with Gasteiger partial charge in [-0.3, -0.25) is 0 Å². The van der Waals surface area contributed by atoms with Crippen LogP contribution in [0, 0.1) is 0 Å². The Labute approximate surface area is 66.6 Å². The van der Waals surface area contributed by atoms with Gasteiger partial charge in [0.1, 0.15) is 0 Å². The van der Waals surface area contributed by atoms with Crippen molar-refractivity contribution in [2.75, 3.05) is 0 Å². The zero-order valence-corrected chi connectivity index (χ0v) is 6.58. The van der Waals surface area contributed by atoms with Crippen LogP contribution in [0.5, 0.6) is 0 Å². The lowest BCUT2D eigenvalue weighted by atomic mass is 10.5. The van der Waals surface area contributed by atoms with Gasteiger partial charge in [-0.1, -0.05) is 0 Å². The lowest BCUT2D eigenvalue weighted by Gasteiger charge is -1.93. The average Bonchev–Trinajstić information content (AvgIpc) is 1.88. The van der Waals surface area contributed by atoms with Crippen LogP contribution in [0.4, 0.5) is 26.3 Å². The molecule has 2 atom stereocenters. The average molecular weight is 196 g/mol. The minimum atomic E-state index is -2.81. The molecule has 0 radical (unpaired) electrons. The Kier molecular flexibility index (Phi) is 8.52. The van der Waals surface area contributed by atoms with Gasteiger partial charge in [-0.2, -0.15) is 0 Å². The van der Waals surface area contributed by atoms with E-state index in [0.29, 0.717) is 0 Å². The van der Waals surface area contributed by atoms with Crippen LogP contribution in [-0.4, -0.2) is 25.2 Å². The predicted octanol–water partition coefficient (Wildman–Crippen LogP) is 3.22. The number of halogens is 6. The predicted molar refractivity (Wildman–Crippen MR) is 33.1 cm³/mol. The van der Waals surface area contributed by atoms with E-state index in [-0.39, 0.29) is 0 Å². The van der Waals surface area contributed by atoms with E-state index in [1.54, 1.807) is 0 Å². The summed E-state index contributed by atoms with van der Waals surface area (Å²) in [5.41, 5.74) is 0. The van der Waals surface area contributed by atoms with Crippen LogP contribution in [0.3, 0.4) is 0 Å². The van der Waals surface area contributed by atoms with Crippen LogP contribution in [0.1, 0.15) is 13.8 Å². The molecule has 12 heavy (non-hydrogen) atoms. The van der Waals surface area contributed by atoms with E-state index < -0.39 is 25.2 Å². The van der Waals surface area contributed by atoms with E-state index >= 15 is 0 Å². The van der Waals surface area contributed by atoms with E-state index in [9.17, 15) is 26.3 Å². The third-order valence-corrected chi connectivity index (χ3v) is 0.694. The van der Waals surface area contributed by atoms with Gasteiger partial charge in [-0.05, 0) is 13.8 Å². The van der Waals surface area contributed by atoms with Crippen LogP contribution in [0.25, 0.3) is 0 Å². The van der Waals surface area contributed by atoms with Gasteiger partial charge < -0.3 is 0 Å². The minimum absolute atomic E-state index is 0.824. The summed E-state index contributed by atoms with van der Waals surface area (Å²) in [6.07, 6.45) is -9.59. The standard InChI is InChI=1S/2C3H5F3/c2*1-2(4)3(5)6/h2*2-3H,1H3. The highest BCUT2D eigenvalue weighted by atomic mass is 19.3. The summed E-state index contributed by atoms with van der Waals surface area (Å²) in [6, 6.07) is 0. The molecule has 0 heterocycles. The highest BCUT2D eigenvalue weighted by Gasteiger charge is 2.10. The quantitative estimate of drug-likeness (QED) is 0.595. The molecule has 0 aromatic carbocycles. The Morgan fingerprint density at radius 3 is 0.667 bits per heavy atom. The van der Waals surface area contributed by atoms with Gasteiger partial charge in [-0.15, -0.1) is 0 Å². The second-order valence-corrected chi connectivity index (χ2v) is 2.02. The van der Waals surface area contributed by atoms with E-state index in [4.69, 9.17) is 0 Å². The highest BCUT2D eigenvalue weighted by molar-refractivity contribution is 4.45. The molecule has 0 N–H and O–H groups in total. The molecule has 0 rings (SSSR count). The smallest absolute Gasteiger partial charge is 0.242 e. The summed E-state index contributed by atoms with van der Waals surface area (Å²) < 4.78 is 65.3. The van der Waals surface area contributed by atoms with Crippen molar-refractivity contribution in [3.8, 4) is 0 Å². The summed E-state index contributed by atoms with van der Waals surface area (Å²) in [5, 5.41) is 0. The zero-order chi connectivity index (χ0) is 10.3. The number of hydrogen-bond donors (Lipinski definition) is 0. The molecule has 2 unspecified atom stereocenters. The normalized spacial score (nSPS) is 15.5. The number of hydrogen-bond acceptors (Lipinski definition) is 0. The van der Waals surface area contributed by atoms with Gasteiger partial charge in [0.05, 0.1) is 0 Å². The highest BCUT2D eigenvalue weighted by Crippen LogP contribution is 2.02. The summed E-state index contributed by atoms with van der Waals surface area (Å²) in [7, 11) is 0. The molecule has 0 nitrogen and oxygen atoms in total. The van der Waals surface area contributed by atoms with Gasteiger partial charge in [0.25, 0.3) is 12.9 Å². The molecule has 76 valence electrons. The van der Waals surface area contributed by atoms with Gasteiger partial charge in [0, 0.05) is 0 Å². The molecular weight excluding hydrogens is 186 g/mol. The van der Waals surface area contributed by atoms with Crippen LogP contribution in [0.2, 0.25) is 0 Å². The molecule has 0 aliphatic carbocycles. The van der Waals surface area contributed by atoms with Gasteiger partial charge >= 0.3 is 0 Å².